The van der Waals surface area contributed by atoms with Crippen molar-refractivity contribution in [2.45, 2.75) is 49.0 Å². The van der Waals surface area contributed by atoms with Gasteiger partial charge in [0.1, 0.15) is 0 Å². The van der Waals surface area contributed by atoms with Gasteiger partial charge in [-0.1, -0.05) is 12.8 Å². The van der Waals surface area contributed by atoms with Gasteiger partial charge in [0.05, 0.1) is 0 Å². The fourth-order valence-corrected chi connectivity index (χ4v) is 5.30. The lowest BCUT2D eigenvalue weighted by molar-refractivity contribution is 0.586. The number of rotatable bonds is 1. The molecule has 0 spiro atoms. The Hall–Kier alpha value is 0.700. The summed E-state index contributed by atoms with van der Waals surface area (Å²) in [6.45, 7) is 0. The summed E-state index contributed by atoms with van der Waals surface area (Å²) in [5.74, 6) is 2.86. The predicted molar refractivity (Wildman–Crippen MR) is 60.2 cm³/mol. The standard InChI is InChI=1S/C10H18S2/c1-3-7-11-9(5-1)10-6-2-4-8-12-10/h9-10H,1-8H2. The highest BCUT2D eigenvalue weighted by Crippen LogP contribution is 2.38. The van der Waals surface area contributed by atoms with Crippen LogP contribution in [0.2, 0.25) is 0 Å². The second-order valence-corrected chi connectivity index (χ2v) is 6.50. The molecule has 0 N–H and O–H groups in total. The third kappa shape index (κ3) is 2.35. The minimum absolute atomic E-state index is 1.02. The summed E-state index contributed by atoms with van der Waals surface area (Å²) in [6, 6.07) is 0. The highest BCUT2D eigenvalue weighted by molar-refractivity contribution is 8.03. The minimum Gasteiger partial charge on any atom is -0.157 e. The van der Waals surface area contributed by atoms with Crippen LogP contribution in [0.1, 0.15) is 38.5 Å². The van der Waals surface area contributed by atoms with Gasteiger partial charge in [-0.2, -0.15) is 23.5 Å². The molecule has 2 atom stereocenters. The van der Waals surface area contributed by atoms with Crippen LogP contribution in [-0.2, 0) is 0 Å². The molecular weight excluding hydrogens is 184 g/mol. The molecule has 2 aliphatic heterocycles. The Morgan fingerprint density at radius 1 is 0.667 bits per heavy atom. The molecule has 0 aromatic carbocycles. The molecule has 0 radical (unpaired) electrons. The molecule has 2 aliphatic rings. The molecule has 0 aromatic rings. The van der Waals surface area contributed by atoms with Crippen LogP contribution in [0, 0.1) is 0 Å². The zero-order valence-corrected chi connectivity index (χ0v) is 9.26. The maximum atomic E-state index is 2.25. The Balaban J connectivity index is 1.80. The SMILES string of the molecule is C1CCC(C2CCCCS2)SC1. The van der Waals surface area contributed by atoms with Gasteiger partial charge in [-0.05, 0) is 37.2 Å². The van der Waals surface area contributed by atoms with E-state index < -0.39 is 0 Å². The summed E-state index contributed by atoms with van der Waals surface area (Å²) in [5.41, 5.74) is 0. The Morgan fingerprint density at radius 3 is 1.50 bits per heavy atom. The molecular formula is C10H18S2. The smallest absolute Gasteiger partial charge is 0.0166 e. The Morgan fingerprint density at radius 2 is 1.17 bits per heavy atom. The third-order valence-electron chi connectivity index (χ3n) is 2.84. The van der Waals surface area contributed by atoms with Crippen LogP contribution in [0.15, 0.2) is 0 Å². The molecule has 2 heterocycles. The molecule has 2 heteroatoms. The first-order chi connectivity index (χ1) is 5.97. The van der Waals surface area contributed by atoms with E-state index in [-0.39, 0.29) is 0 Å². The van der Waals surface area contributed by atoms with E-state index in [1.165, 1.54) is 50.0 Å². The van der Waals surface area contributed by atoms with E-state index in [1.54, 1.807) is 0 Å². The van der Waals surface area contributed by atoms with Crippen molar-refractivity contribution in [1.29, 1.82) is 0 Å². The lowest BCUT2D eigenvalue weighted by atomic mass is 10.1. The van der Waals surface area contributed by atoms with E-state index in [4.69, 9.17) is 0 Å². The molecule has 0 amide bonds. The zero-order chi connectivity index (χ0) is 8.23. The summed E-state index contributed by atoms with van der Waals surface area (Å²) >= 11 is 4.50. The number of hydrogen-bond donors (Lipinski definition) is 0. The van der Waals surface area contributed by atoms with Crippen molar-refractivity contribution in [2.75, 3.05) is 11.5 Å². The average molecular weight is 202 g/mol. The summed E-state index contributed by atoms with van der Waals surface area (Å²) < 4.78 is 0. The highest BCUT2D eigenvalue weighted by Gasteiger charge is 2.25. The van der Waals surface area contributed by atoms with Gasteiger partial charge in [-0.25, -0.2) is 0 Å². The van der Waals surface area contributed by atoms with Crippen LogP contribution in [0.25, 0.3) is 0 Å². The van der Waals surface area contributed by atoms with Crippen LogP contribution in [0.4, 0.5) is 0 Å². The zero-order valence-electron chi connectivity index (χ0n) is 7.63. The molecule has 0 nitrogen and oxygen atoms in total. The van der Waals surface area contributed by atoms with Crippen molar-refractivity contribution in [1.82, 2.24) is 0 Å². The van der Waals surface area contributed by atoms with Gasteiger partial charge in [-0.3, -0.25) is 0 Å². The first-order valence-corrected chi connectivity index (χ1v) is 7.30. The van der Waals surface area contributed by atoms with Crippen molar-refractivity contribution in [3.63, 3.8) is 0 Å². The first-order valence-electron chi connectivity index (χ1n) is 5.20. The highest BCUT2D eigenvalue weighted by atomic mass is 32.2. The van der Waals surface area contributed by atoms with Crippen LogP contribution < -0.4 is 0 Å². The van der Waals surface area contributed by atoms with Gasteiger partial charge in [-0.15, -0.1) is 0 Å². The van der Waals surface area contributed by atoms with E-state index in [1.807, 2.05) is 0 Å². The maximum Gasteiger partial charge on any atom is 0.0166 e. The van der Waals surface area contributed by atoms with Gasteiger partial charge >= 0.3 is 0 Å². The van der Waals surface area contributed by atoms with E-state index >= 15 is 0 Å². The van der Waals surface area contributed by atoms with Crippen molar-refractivity contribution in [2.24, 2.45) is 0 Å². The largest absolute Gasteiger partial charge is 0.157 e. The molecule has 2 saturated heterocycles. The second kappa shape index (κ2) is 4.80. The van der Waals surface area contributed by atoms with Gasteiger partial charge < -0.3 is 0 Å². The van der Waals surface area contributed by atoms with Crippen molar-refractivity contribution in [3.05, 3.63) is 0 Å². The van der Waals surface area contributed by atoms with Crippen molar-refractivity contribution < 1.29 is 0 Å². The molecule has 2 rings (SSSR count). The Kier molecular flexibility index (Phi) is 3.71. The van der Waals surface area contributed by atoms with Crippen LogP contribution >= 0.6 is 23.5 Å². The fourth-order valence-electron chi connectivity index (χ4n) is 2.12. The monoisotopic (exact) mass is 202 g/mol. The lowest BCUT2D eigenvalue weighted by Crippen LogP contribution is -2.25. The molecule has 0 saturated carbocycles. The quantitative estimate of drug-likeness (QED) is 0.638. The third-order valence-corrected chi connectivity index (χ3v) is 6.05. The van der Waals surface area contributed by atoms with Gasteiger partial charge in [0.25, 0.3) is 0 Å². The molecule has 12 heavy (non-hydrogen) atoms. The first kappa shape index (κ1) is 9.26. The van der Waals surface area contributed by atoms with E-state index in [0.29, 0.717) is 0 Å². The van der Waals surface area contributed by atoms with Crippen molar-refractivity contribution >= 4 is 23.5 Å². The molecule has 70 valence electrons. The van der Waals surface area contributed by atoms with Gasteiger partial charge in [0, 0.05) is 10.5 Å². The van der Waals surface area contributed by atoms with Gasteiger partial charge in [0.2, 0.25) is 0 Å². The maximum absolute atomic E-state index is 2.25. The predicted octanol–water partition coefficient (Wildman–Crippen LogP) is 3.56. The summed E-state index contributed by atoms with van der Waals surface area (Å²) in [7, 11) is 0. The topological polar surface area (TPSA) is 0 Å². The van der Waals surface area contributed by atoms with Crippen LogP contribution in [0.3, 0.4) is 0 Å². The van der Waals surface area contributed by atoms with E-state index in [0.717, 1.165) is 10.5 Å². The molecule has 0 bridgehead atoms. The number of hydrogen-bond acceptors (Lipinski definition) is 2. The van der Waals surface area contributed by atoms with E-state index in [9.17, 15) is 0 Å². The average Bonchev–Trinajstić information content (AvgIpc) is 2.21. The van der Waals surface area contributed by atoms with Crippen molar-refractivity contribution in [3.8, 4) is 0 Å². The number of thioether (sulfide) groups is 2. The second-order valence-electron chi connectivity index (χ2n) is 3.81. The Bertz CT molecular complexity index is 108. The molecule has 2 unspecified atom stereocenters. The molecule has 0 aliphatic carbocycles. The lowest BCUT2D eigenvalue weighted by Gasteiger charge is -2.31. The summed E-state index contributed by atoms with van der Waals surface area (Å²) in [6.07, 6.45) is 8.94. The molecule has 2 fully saturated rings. The van der Waals surface area contributed by atoms with Crippen LogP contribution in [-0.4, -0.2) is 22.0 Å². The minimum atomic E-state index is 1.02. The summed E-state index contributed by atoms with van der Waals surface area (Å²) in [4.78, 5) is 0. The van der Waals surface area contributed by atoms with Gasteiger partial charge in [0.15, 0.2) is 0 Å². The fraction of sp³-hybridized carbons (Fsp3) is 1.00. The molecule has 0 aromatic heterocycles. The Labute approximate surface area is 84.3 Å². The van der Waals surface area contributed by atoms with E-state index in [2.05, 4.69) is 23.5 Å². The normalized spacial score (nSPS) is 38.0. The summed E-state index contributed by atoms with van der Waals surface area (Å²) in [5, 5.41) is 2.04. The van der Waals surface area contributed by atoms with Crippen LogP contribution in [0.5, 0.6) is 0 Å².